The molecule has 1 heterocycles. The fourth-order valence-electron chi connectivity index (χ4n) is 1.53. The molecule has 0 bridgehead atoms. The Labute approximate surface area is 116 Å². The van der Waals surface area contributed by atoms with Crippen molar-refractivity contribution in [3.63, 3.8) is 0 Å². The van der Waals surface area contributed by atoms with E-state index in [0.29, 0.717) is 16.8 Å². The molecular weight excluding hydrogens is 331 g/mol. The quantitative estimate of drug-likeness (QED) is 0.609. The van der Waals surface area contributed by atoms with Gasteiger partial charge in [0.2, 0.25) is 0 Å². The van der Waals surface area contributed by atoms with Crippen LogP contribution >= 0.6 is 39.3 Å². The highest BCUT2D eigenvalue weighted by Crippen LogP contribution is 2.29. The van der Waals surface area contributed by atoms with E-state index in [1.807, 2.05) is 0 Å². The SMILES string of the molecule is O=C(c1ccc(Br)c(Cl)c1F)C1CSCCO1. The van der Waals surface area contributed by atoms with Gasteiger partial charge in [-0.25, -0.2) is 4.39 Å². The maximum atomic E-state index is 13.8. The van der Waals surface area contributed by atoms with E-state index in [1.54, 1.807) is 17.8 Å². The Morgan fingerprint density at radius 1 is 1.59 bits per heavy atom. The van der Waals surface area contributed by atoms with Crippen LogP contribution in [-0.4, -0.2) is 30.0 Å². The summed E-state index contributed by atoms with van der Waals surface area (Å²) < 4.78 is 19.6. The molecule has 1 aliphatic rings. The fraction of sp³-hybridized carbons (Fsp3) is 0.364. The largest absolute Gasteiger partial charge is 0.368 e. The monoisotopic (exact) mass is 338 g/mol. The van der Waals surface area contributed by atoms with Crippen molar-refractivity contribution in [2.24, 2.45) is 0 Å². The molecule has 6 heteroatoms. The summed E-state index contributed by atoms with van der Waals surface area (Å²) in [5.74, 6) is 0.397. The lowest BCUT2D eigenvalue weighted by Gasteiger charge is -2.21. The molecule has 0 saturated carbocycles. The van der Waals surface area contributed by atoms with Crippen LogP contribution in [0, 0.1) is 5.82 Å². The zero-order chi connectivity index (χ0) is 12.4. The van der Waals surface area contributed by atoms with Crippen molar-refractivity contribution in [3.8, 4) is 0 Å². The molecule has 1 fully saturated rings. The lowest BCUT2D eigenvalue weighted by atomic mass is 10.1. The van der Waals surface area contributed by atoms with E-state index in [0.717, 1.165) is 5.75 Å². The normalized spacial score (nSPS) is 20.3. The Kier molecular flexibility index (Phi) is 4.47. The third-order valence-electron chi connectivity index (χ3n) is 2.41. The van der Waals surface area contributed by atoms with E-state index in [1.165, 1.54) is 6.07 Å². The molecule has 2 rings (SSSR count). The molecule has 0 aromatic heterocycles. The van der Waals surface area contributed by atoms with Gasteiger partial charge in [-0.3, -0.25) is 4.79 Å². The Balaban J connectivity index is 2.27. The second-order valence-corrected chi connectivity index (χ2v) is 5.90. The van der Waals surface area contributed by atoms with Crippen LogP contribution in [0.5, 0.6) is 0 Å². The van der Waals surface area contributed by atoms with E-state index >= 15 is 0 Å². The van der Waals surface area contributed by atoms with Crippen molar-refractivity contribution in [2.75, 3.05) is 18.1 Å². The maximum absolute atomic E-state index is 13.8. The number of carbonyl (C=O) groups excluding carboxylic acids is 1. The second kappa shape index (κ2) is 5.69. The maximum Gasteiger partial charge on any atom is 0.195 e. The molecule has 17 heavy (non-hydrogen) atoms. The number of thioether (sulfide) groups is 1. The van der Waals surface area contributed by atoms with Crippen LogP contribution in [0.15, 0.2) is 16.6 Å². The molecule has 1 atom stereocenters. The average Bonchev–Trinajstić information content (AvgIpc) is 2.36. The zero-order valence-electron chi connectivity index (χ0n) is 8.71. The molecule has 1 unspecified atom stereocenters. The van der Waals surface area contributed by atoms with Gasteiger partial charge in [-0.05, 0) is 28.1 Å². The van der Waals surface area contributed by atoms with Crippen molar-refractivity contribution < 1.29 is 13.9 Å². The number of Topliss-reactive ketones (excluding diaryl/α,β-unsaturated/α-hetero) is 1. The minimum atomic E-state index is -0.690. The van der Waals surface area contributed by atoms with Gasteiger partial charge in [0.1, 0.15) is 6.10 Å². The first-order valence-corrected chi connectivity index (χ1v) is 7.31. The first kappa shape index (κ1) is 13.3. The number of hydrogen-bond acceptors (Lipinski definition) is 3. The molecule has 1 aromatic carbocycles. The second-order valence-electron chi connectivity index (χ2n) is 3.52. The first-order chi connectivity index (χ1) is 8.11. The summed E-state index contributed by atoms with van der Waals surface area (Å²) in [5.41, 5.74) is -0.00861. The van der Waals surface area contributed by atoms with Gasteiger partial charge in [-0.15, -0.1) is 0 Å². The highest BCUT2D eigenvalue weighted by atomic mass is 79.9. The lowest BCUT2D eigenvalue weighted by molar-refractivity contribution is 0.0515. The standard InChI is InChI=1S/C11H9BrClFO2S/c12-7-2-1-6(10(14)9(7)13)11(15)8-5-17-4-3-16-8/h1-2,8H,3-5H2. The zero-order valence-corrected chi connectivity index (χ0v) is 11.9. The molecule has 1 saturated heterocycles. The molecule has 1 aromatic rings. The number of benzene rings is 1. The number of ketones is 1. The molecule has 1 aliphatic heterocycles. The molecule has 0 spiro atoms. The van der Waals surface area contributed by atoms with Crippen molar-refractivity contribution in [1.82, 2.24) is 0 Å². The van der Waals surface area contributed by atoms with Crippen molar-refractivity contribution in [2.45, 2.75) is 6.10 Å². The highest BCUT2D eigenvalue weighted by Gasteiger charge is 2.27. The molecular formula is C11H9BrClFO2S. The van der Waals surface area contributed by atoms with Crippen molar-refractivity contribution in [1.29, 1.82) is 0 Å². The smallest absolute Gasteiger partial charge is 0.195 e. The predicted molar refractivity (Wildman–Crippen MR) is 70.5 cm³/mol. The predicted octanol–water partition coefficient (Wildman–Crippen LogP) is 3.56. The Bertz CT molecular complexity index is 449. The summed E-state index contributed by atoms with van der Waals surface area (Å²) in [7, 11) is 0. The summed E-state index contributed by atoms with van der Waals surface area (Å²) in [4.78, 5) is 12.0. The van der Waals surface area contributed by atoms with Gasteiger partial charge in [0.15, 0.2) is 11.6 Å². The molecule has 0 N–H and O–H groups in total. The Hall–Kier alpha value is -0.100. The van der Waals surface area contributed by atoms with Crippen LogP contribution in [0.25, 0.3) is 0 Å². The van der Waals surface area contributed by atoms with Gasteiger partial charge in [0.05, 0.1) is 17.2 Å². The van der Waals surface area contributed by atoms with Gasteiger partial charge in [0, 0.05) is 16.0 Å². The van der Waals surface area contributed by atoms with Gasteiger partial charge in [-0.1, -0.05) is 11.6 Å². The van der Waals surface area contributed by atoms with Crippen molar-refractivity contribution >= 4 is 45.1 Å². The number of carbonyl (C=O) groups is 1. The summed E-state index contributed by atoms with van der Waals surface area (Å²) in [6, 6.07) is 2.99. The minimum Gasteiger partial charge on any atom is -0.368 e. The van der Waals surface area contributed by atoms with Crippen LogP contribution in [0.3, 0.4) is 0 Å². The summed E-state index contributed by atoms with van der Waals surface area (Å²) in [6.07, 6.45) is -0.569. The lowest BCUT2D eigenvalue weighted by Crippen LogP contribution is -2.32. The Morgan fingerprint density at radius 2 is 2.35 bits per heavy atom. The van der Waals surface area contributed by atoms with Gasteiger partial charge in [0.25, 0.3) is 0 Å². The van der Waals surface area contributed by atoms with E-state index in [4.69, 9.17) is 16.3 Å². The van der Waals surface area contributed by atoms with E-state index in [-0.39, 0.29) is 16.4 Å². The average molecular weight is 340 g/mol. The van der Waals surface area contributed by atoms with E-state index < -0.39 is 11.9 Å². The molecule has 2 nitrogen and oxygen atoms in total. The Morgan fingerprint density at radius 3 is 3.00 bits per heavy atom. The molecule has 0 aliphatic carbocycles. The van der Waals surface area contributed by atoms with Crippen LogP contribution in [0.2, 0.25) is 5.02 Å². The van der Waals surface area contributed by atoms with Gasteiger partial charge >= 0.3 is 0 Å². The van der Waals surface area contributed by atoms with Gasteiger partial charge in [-0.2, -0.15) is 11.8 Å². The number of halogens is 3. The van der Waals surface area contributed by atoms with Crippen LogP contribution in [0.1, 0.15) is 10.4 Å². The summed E-state index contributed by atoms with van der Waals surface area (Å²) in [6.45, 7) is 0.521. The topological polar surface area (TPSA) is 26.3 Å². The van der Waals surface area contributed by atoms with Gasteiger partial charge < -0.3 is 4.74 Å². The van der Waals surface area contributed by atoms with Crippen LogP contribution in [0.4, 0.5) is 4.39 Å². The highest BCUT2D eigenvalue weighted by molar-refractivity contribution is 9.10. The number of rotatable bonds is 2. The summed E-state index contributed by atoms with van der Waals surface area (Å²) in [5, 5.41) is -0.0701. The van der Waals surface area contributed by atoms with E-state index in [9.17, 15) is 9.18 Å². The van der Waals surface area contributed by atoms with E-state index in [2.05, 4.69) is 15.9 Å². The fourth-order valence-corrected chi connectivity index (χ4v) is 2.84. The third kappa shape index (κ3) is 2.84. The third-order valence-corrected chi connectivity index (χ3v) is 4.66. The summed E-state index contributed by atoms with van der Waals surface area (Å²) >= 11 is 10.5. The minimum absolute atomic E-state index is 0.00861. The van der Waals surface area contributed by atoms with Crippen molar-refractivity contribution in [3.05, 3.63) is 33.0 Å². The number of ether oxygens (including phenoxy) is 1. The number of hydrogen-bond donors (Lipinski definition) is 0. The molecule has 0 radical (unpaired) electrons. The van der Waals surface area contributed by atoms with Crippen LogP contribution in [-0.2, 0) is 4.74 Å². The van der Waals surface area contributed by atoms with Crippen LogP contribution < -0.4 is 0 Å². The first-order valence-electron chi connectivity index (χ1n) is 4.98. The molecule has 0 amide bonds. The molecule has 92 valence electrons.